The van der Waals surface area contributed by atoms with Crippen LogP contribution in [0.3, 0.4) is 0 Å². The predicted octanol–water partition coefficient (Wildman–Crippen LogP) is 4.57. The molecule has 1 rings (SSSR count). The summed E-state index contributed by atoms with van der Waals surface area (Å²) in [5.41, 5.74) is 1.40. The molecule has 0 unspecified atom stereocenters. The molecule has 0 fully saturated rings. The highest BCUT2D eigenvalue weighted by Crippen LogP contribution is 2.34. The molecule has 1 aromatic rings. The molecule has 0 radical (unpaired) electrons. The SMILES string of the molecule is C=C[C@H](c1ccccc1)[C@H](SC)[Si](C)(C)C. The van der Waals surface area contributed by atoms with Gasteiger partial charge in [0.2, 0.25) is 0 Å². The molecule has 0 N–H and O–H groups in total. The third-order valence-corrected chi connectivity index (χ3v) is 8.57. The molecule has 0 aliphatic heterocycles. The van der Waals surface area contributed by atoms with Crippen LogP contribution in [0.5, 0.6) is 0 Å². The Bertz CT molecular complexity index is 326. The van der Waals surface area contributed by atoms with Gasteiger partial charge in [0.05, 0.1) is 8.07 Å². The normalized spacial score (nSPS) is 15.5. The fourth-order valence-corrected chi connectivity index (χ4v) is 6.94. The van der Waals surface area contributed by atoms with Gasteiger partial charge >= 0.3 is 0 Å². The second kappa shape index (κ2) is 5.74. The quantitative estimate of drug-likeness (QED) is 0.545. The third kappa shape index (κ3) is 3.26. The topological polar surface area (TPSA) is 0 Å². The monoisotopic (exact) mass is 250 g/mol. The standard InChI is InChI=1S/C14H22SSi/c1-6-13(12-10-8-7-9-11-12)14(15-2)16(3,4)5/h6-11,13-14H,1H2,2-5H3/t13-,14-/m1/s1. The number of allylic oxidation sites excluding steroid dienone is 1. The summed E-state index contributed by atoms with van der Waals surface area (Å²) in [5, 5.41) is 0. The maximum atomic E-state index is 4.03. The Kier molecular flexibility index (Phi) is 4.87. The first kappa shape index (κ1) is 13.6. The Balaban J connectivity index is 3.02. The Morgan fingerprint density at radius 2 is 1.75 bits per heavy atom. The molecule has 0 nitrogen and oxygen atoms in total. The van der Waals surface area contributed by atoms with E-state index >= 15 is 0 Å². The van der Waals surface area contributed by atoms with Crippen LogP contribution in [0.15, 0.2) is 43.0 Å². The average Bonchev–Trinajstić information content (AvgIpc) is 2.25. The maximum Gasteiger partial charge on any atom is 0.0599 e. The van der Waals surface area contributed by atoms with Crippen LogP contribution in [0.4, 0.5) is 0 Å². The number of hydrogen-bond acceptors (Lipinski definition) is 1. The average molecular weight is 250 g/mol. The first-order valence-corrected chi connectivity index (χ1v) is 10.6. The highest BCUT2D eigenvalue weighted by Gasteiger charge is 2.32. The summed E-state index contributed by atoms with van der Waals surface area (Å²) >= 11 is 1.99. The molecule has 16 heavy (non-hydrogen) atoms. The van der Waals surface area contributed by atoms with Crippen molar-refractivity contribution >= 4 is 19.8 Å². The fraction of sp³-hybridized carbons (Fsp3) is 0.429. The molecule has 2 heteroatoms. The molecule has 1 aromatic carbocycles. The number of rotatable bonds is 5. The van der Waals surface area contributed by atoms with E-state index in [0.717, 1.165) is 0 Å². The molecule has 0 aliphatic rings. The van der Waals surface area contributed by atoms with Gasteiger partial charge in [-0.25, -0.2) is 0 Å². The van der Waals surface area contributed by atoms with Crippen LogP contribution < -0.4 is 0 Å². The Hall–Kier alpha value is -0.473. The largest absolute Gasteiger partial charge is 0.164 e. The molecule has 0 saturated heterocycles. The summed E-state index contributed by atoms with van der Waals surface area (Å²) in [6.07, 6.45) is 4.34. The van der Waals surface area contributed by atoms with Gasteiger partial charge < -0.3 is 0 Å². The molecular weight excluding hydrogens is 228 g/mol. The van der Waals surface area contributed by atoms with Crippen LogP contribution in [0.1, 0.15) is 11.5 Å². The van der Waals surface area contributed by atoms with E-state index in [1.165, 1.54) is 5.56 Å². The molecule has 88 valence electrons. The zero-order valence-electron chi connectivity index (χ0n) is 10.7. The number of thioether (sulfide) groups is 1. The third-order valence-electron chi connectivity index (χ3n) is 2.87. The molecule has 0 aromatic heterocycles. The van der Waals surface area contributed by atoms with Crippen molar-refractivity contribution in [3.8, 4) is 0 Å². The van der Waals surface area contributed by atoms with Crippen molar-refractivity contribution in [3.05, 3.63) is 48.6 Å². The van der Waals surface area contributed by atoms with E-state index in [9.17, 15) is 0 Å². The summed E-state index contributed by atoms with van der Waals surface area (Å²) < 4.78 is 0. The lowest BCUT2D eigenvalue weighted by Gasteiger charge is -2.33. The molecule has 0 spiro atoms. The van der Waals surface area contributed by atoms with E-state index < -0.39 is 8.07 Å². The lowest BCUT2D eigenvalue weighted by Crippen LogP contribution is -2.39. The maximum absolute atomic E-state index is 4.03. The number of benzene rings is 1. The van der Waals surface area contributed by atoms with Crippen LogP contribution in [0, 0.1) is 0 Å². The fourth-order valence-electron chi connectivity index (χ4n) is 2.15. The molecule has 0 saturated carbocycles. The van der Waals surface area contributed by atoms with Gasteiger partial charge in [0.25, 0.3) is 0 Å². The van der Waals surface area contributed by atoms with E-state index in [0.29, 0.717) is 10.8 Å². The minimum absolute atomic E-state index is 0.489. The highest BCUT2D eigenvalue weighted by atomic mass is 32.2. The van der Waals surface area contributed by atoms with Gasteiger partial charge in [-0.3, -0.25) is 0 Å². The van der Waals surface area contributed by atoms with Crippen molar-refractivity contribution in [3.63, 3.8) is 0 Å². The Labute approximate surface area is 105 Å². The second-order valence-corrected chi connectivity index (χ2v) is 11.9. The van der Waals surface area contributed by atoms with Crippen molar-refractivity contribution in [2.75, 3.05) is 6.26 Å². The predicted molar refractivity (Wildman–Crippen MR) is 80.0 cm³/mol. The first-order chi connectivity index (χ1) is 7.50. The highest BCUT2D eigenvalue weighted by molar-refractivity contribution is 8.01. The van der Waals surface area contributed by atoms with Gasteiger partial charge in [-0.2, -0.15) is 11.8 Å². The zero-order valence-corrected chi connectivity index (χ0v) is 12.6. The second-order valence-electron chi connectivity index (χ2n) is 5.19. The van der Waals surface area contributed by atoms with Crippen LogP contribution in [-0.2, 0) is 0 Å². The van der Waals surface area contributed by atoms with Crippen LogP contribution in [0.2, 0.25) is 19.6 Å². The van der Waals surface area contributed by atoms with E-state index in [4.69, 9.17) is 0 Å². The van der Waals surface area contributed by atoms with E-state index in [1.54, 1.807) is 0 Å². The van der Waals surface area contributed by atoms with Crippen molar-refractivity contribution in [2.24, 2.45) is 0 Å². The van der Waals surface area contributed by atoms with Gasteiger partial charge in [0, 0.05) is 10.8 Å². The summed E-state index contributed by atoms with van der Waals surface area (Å²) in [7, 11) is -1.16. The van der Waals surface area contributed by atoms with Crippen molar-refractivity contribution in [1.82, 2.24) is 0 Å². The molecule has 2 atom stereocenters. The summed E-state index contributed by atoms with van der Waals surface area (Å²) in [5.74, 6) is 0.489. The minimum Gasteiger partial charge on any atom is -0.164 e. The van der Waals surface area contributed by atoms with Gasteiger partial charge in [-0.05, 0) is 11.8 Å². The van der Waals surface area contributed by atoms with Crippen LogP contribution in [0.25, 0.3) is 0 Å². The first-order valence-electron chi connectivity index (χ1n) is 5.71. The Morgan fingerprint density at radius 3 is 2.12 bits per heavy atom. The minimum atomic E-state index is -1.16. The van der Waals surface area contributed by atoms with Gasteiger partial charge in [-0.1, -0.05) is 56.0 Å². The molecule has 0 bridgehead atoms. The molecule has 0 amide bonds. The lowest BCUT2D eigenvalue weighted by molar-refractivity contribution is 0.912. The molecule has 0 heterocycles. The van der Waals surface area contributed by atoms with Crippen LogP contribution >= 0.6 is 11.8 Å². The summed E-state index contributed by atoms with van der Waals surface area (Å²) in [4.78, 5) is 0.701. The van der Waals surface area contributed by atoms with E-state index in [2.05, 4.69) is 68.9 Å². The smallest absolute Gasteiger partial charge is 0.0599 e. The van der Waals surface area contributed by atoms with Crippen molar-refractivity contribution in [2.45, 2.75) is 30.4 Å². The lowest BCUT2D eigenvalue weighted by atomic mass is 10.0. The zero-order chi connectivity index (χ0) is 12.2. The van der Waals surface area contributed by atoms with E-state index in [-0.39, 0.29) is 0 Å². The summed E-state index contributed by atoms with van der Waals surface area (Å²) in [6.45, 7) is 11.3. The Morgan fingerprint density at radius 1 is 1.19 bits per heavy atom. The molecular formula is C14H22SSi. The summed E-state index contributed by atoms with van der Waals surface area (Å²) in [6, 6.07) is 10.7. The van der Waals surface area contributed by atoms with Crippen molar-refractivity contribution in [1.29, 1.82) is 0 Å². The van der Waals surface area contributed by atoms with Crippen LogP contribution in [-0.4, -0.2) is 19.2 Å². The molecule has 0 aliphatic carbocycles. The van der Waals surface area contributed by atoms with Crippen molar-refractivity contribution < 1.29 is 0 Å². The van der Waals surface area contributed by atoms with Gasteiger partial charge in [0.1, 0.15) is 0 Å². The van der Waals surface area contributed by atoms with E-state index in [1.807, 2.05) is 11.8 Å². The number of hydrogen-bond donors (Lipinski definition) is 0. The van der Waals surface area contributed by atoms with Gasteiger partial charge in [-0.15, -0.1) is 6.58 Å². The van der Waals surface area contributed by atoms with Gasteiger partial charge in [0.15, 0.2) is 0 Å².